The van der Waals surface area contributed by atoms with E-state index in [-0.39, 0.29) is 12.0 Å². The van der Waals surface area contributed by atoms with Gasteiger partial charge in [-0.25, -0.2) is 4.79 Å². The summed E-state index contributed by atoms with van der Waals surface area (Å²) in [7, 11) is 2.95. The molecule has 1 fully saturated rings. The Morgan fingerprint density at radius 3 is 2.64 bits per heavy atom. The Kier molecular flexibility index (Phi) is 2.98. The monoisotopic (exact) mass is 200 g/mol. The van der Waals surface area contributed by atoms with Gasteiger partial charge in [0.15, 0.2) is 0 Å². The van der Waals surface area contributed by atoms with E-state index in [1.165, 1.54) is 7.11 Å². The maximum absolute atomic E-state index is 11.4. The highest BCUT2D eigenvalue weighted by atomic mass is 16.5. The van der Waals surface area contributed by atoms with Crippen molar-refractivity contribution in [1.29, 1.82) is 0 Å². The molecular formula is C9H16N2O3. The zero-order chi connectivity index (χ0) is 10.8. The van der Waals surface area contributed by atoms with Crippen molar-refractivity contribution in [3.05, 3.63) is 0 Å². The van der Waals surface area contributed by atoms with Gasteiger partial charge < -0.3 is 15.0 Å². The number of carbonyl (C=O) groups excluding carboxylic acids is 2. The molecule has 0 bridgehead atoms. The summed E-state index contributed by atoms with van der Waals surface area (Å²) in [5.74, 6) is -0.246. The molecule has 0 radical (unpaired) electrons. The van der Waals surface area contributed by atoms with Gasteiger partial charge in [0.1, 0.15) is 0 Å². The number of carbonyl (C=O) groups is 2. The third kappa shape index (κ3) is 1.81. The van der Waals surface area contributed by atoms with Crippen molar-refractivity contribution in [2.45, 2.75) is 13.3 Å². The fraction of sp³-hybridized carbons (Fsp3) is 0.778. The van der Waals surface area contributed by atoms with Crippen LogP contribution in [0.25, 0.3) is 0 Å². The van der Waals surface area contributed by atoms with Crippen LogP contribution in [0.3, 0.4) is 0 Å². The zero-order valence-corrected chi connectivity index (χ0v) is 8.79. The van der Waals surface area contributed by atoms with Crippen molar-refractivity contribution in [3.8, 4) is 0 Å². The van der Waals surface area contributed by atoms with E-state index in [0.717, 1.165) is 0 Å². The Labute approximate surface area is 83.4 Å². The molecule has 1 heterocycles. The first-order chi connectivity index (χ1) is 6.53. The predicted molar refractivity (Wildman–Crippen MR) is 50.8 cm³/mol. The number of amides is 2. The summed E-state index contributed by atoms with van der Waals surface area (Å²) >= 11 is 0. The summed E-state index contributed by atoms with van der Waals surface area (Å²) in [6, 6.07) is -0.141. The number of rotatable bonds is 1. The number of likely N-dealkylation sites (tertiary alicyclic amines) is 1. The minimum atomic E-state index is -0.540. The van der Waals surface area contributed by atoms with Gasteiger partial charge in [0, 0.05) is 20.1 Å². The van der Waals surface area contributed by atoms with Gasteiger partial charge in [-0.1, -0.05) is 0 Å². The van der Waals surface area contributed by atoms with Crippen molar-refractivity contribution < 1.29 is 14.3 Å². The normalized spacial score (nSPS) is 26.1. The molecule has 2 amide bonds. The third-order valence-electron chi connectivity index (χ3n) is 2.65. The molecule has 1 rings (SSSR count). The number of hydrogen-bond acceptors (Lipinski definition) is 3. The maximum Gasteiger partial charge on any atom is 0.317 e. The number of urea groups is 1. The summed E-state index contributed by atoms with van der Waals surface area (Å²) in [4.78, 5) is 24.3. The van der Waals surface area contributed by atoms with Crippen LogP contribution in [0.1, 0.15) is 13.3 Å². The minimum Gasteiger partial charge on any atom is -0.469 e. The highest BCUT2D eigenvalue weighted by Gasteiger charge is 2.42. The summed E-state index contributed by atoms with van der Waals surface area (Å²) in [5.41, 5.74) is -0.540. The minimum absolute atomic E-state index is 0.141. The molecule has 14 heavy (non-hydrogen) atoms. The second-order valence-corrected chi connectivity index (χ2v) is 3.78. The number of nitrogens with one attached hydrogen (secondary N) is 1. The first-order valence-electron chi connectivity index (χ1n) is 4.58. The number of hydrogen-bond donors (Lipinski definition) is 1. The molecule has 1 N–H and O–H groups in total. The second kappa shape index (κ2) is 3.86. The first kappa shape index (κ1) is 10.8. The lowest BCUT2D eigenvalue weighted by atomic mass is 9.90. The summed E-state index contributed by atoms with van der Waals surface area (Å²) in [6.07, 6.45) is 0.660. The summed E-state index contributed by atoms with van der Waals surface area (Å²) in [6.45, 7) is 2.85. The predicted octanol–water partition coefficient (Wildman–Crippen LogP) is 0.211. The third-order valence-corrected chi connectivity index (χ3v) is 2.65. The van der Waals surface area contributed by atoms with E-state index in [2.05, 4.69) is 5.32 Å². The van der Waals surface area contributed by atoms with E-state index in [1.54, 1.807) is 11.9 Å². The van der Waals surface area contributed by atoms with Crippen molar-refractivity contribution in [2.75, 3.05) is 27.2 Å². The molecule has 0 aromatic carbocycles. The Hall–Kier alpha value is -1.26. The van der Waals surface area contributed by atoms with Crippen LogP contribution in [0.15, 0.2) is 0 Å². The Bertz CT molecular complexity index is 254. The smallest absolute Gasteiger partial charge is 0.317 e. The molecule has 0 aliphatic carbocycles. The highest BCUT2D eigenvalue weighted by Crippen LogP contribution is 2.30. The molecule has 1 unspecified atom stereocenters. The van der Waals surface area contributed by atoms with Gasteiger partial charge in [-0.15, -0.1) is 0 Å². The van der Waals surface area contributed by atoms with Crippen LogP contribution in [0, 0.1) is 5.41 Å². The molecule has 0 saturated carbocycles. The van der Waals surface area contributed by atoms with Gasteiger partial charge in [-0.05, 0) is 13.3 Å². The van der Waals surface area contributed by atoms with Crippen LogP contribution < -0.4 is 5.32 Å². The average Bonchev–Trinajstić information content (AvgIpc) is 2.60. The van der Waals surface area contributed by atoms with Crippen molar-refractivity contribution in [1.82, 2.24) is 10.2 Å². The molecule has 1 aliphatic heterocycles. The maximum atomic E-state index is 11.4. The van der Waals surface area contributed by atoms with E-state index in [1.807, 2.05) is 6.92 Å². The number of nitrogens with zero attached hydrogens (tertiary/aromatic N) is 1. The topological polar surface area (TPSA) is 58.6 Å². The van der Waals surface area contributed by atoms with Gasteiger partial charge >= 0.3 is 12.0 Å². The van der Waals surface area contributed by atoms with E-state index < -0.39 is 5.41 Å². The fourth-order valence-corrected chi connectivity index (χ4v) is 1.71. The van der Waals surface area contributed by atoms with Gasteiger partial charge in [-0.3, -0.25) is 4.79 Å². The van der Waals surface area contributed by atoms with Crippen molar-refractivity contribution in [2.24, 2.45) is 5.41 Å². The van der Waals surface area contributed by atoms with Crippen LogP contribution in [-0.2, 0) is 9.53 Å². The average molecular weight is 200 g/mol. The molecule has 0 aromatic heterocycles. The standard InChI is InChI=1S/C9H16N2O3/c1-9(7(12)14-3)4-5-11(6-9)8(13)10-2/h4-6H2,1-3H3,(H,10,13). The summed E-state index contributed by atoms with van der Waals surface area (Å²) < 4.78 is 4.70. The van der Waals surface area contributed by atoms with Crippen LogP contribution >= 0.6 is 0 Å². The number of esters is 1. The quantitative estimate of drug-likeness (QED) is 0.615. The fourth-order valence-electron chi connectivity index (χ4n) is 1.71. The lowest BCUT2D eigenvalue weighted by Gasteiger charge is -2.21. The van der Waals surface area contributed by atoms with Crippen molar-refractivity contribution in [3.63, 3.8) is 0 Å². The molecule has 0 aromatic rings. The van der Waals surface area contributed by atoms with E-state index in [9.17, 15) is 9.59 Å². The summed E-state index contributed by atoms with van der Waals surface area (Å²) in [5, 5.41) is 2.54. The van der Waals surface area contributed by atoms with Gasteiger partial charge in [0.2, 0.25) is 0 Å². The number of methoxy groups -OCH3 is 1. The Morgan fingerprint density at radius 2 is 2.14 bits per heavy atom. The molecule has 80 valence electrons. The van der Waals surface area contributed by atoms with E-state index in [0.29, 0.717) is 19.5 Å². The van der Waals surface area contributed by atoms with Gasteiger partial charge in [0.05, 0.1) is 12.5 Å². The Balaban J connectivity index is 2.64. The molecule has 1 saturated heterocycles. The lowest BCUT2D eigenvalue weighted by molar-refractivity contribution is -0.150. The largest absolute Gasteiger partial charge is 0.469 e. The van der Waals surface area contributed by atoms with Gasteiger partial charge in [-0.2, -0.15) is 0 Å². The second-order valence-electron chi connectivity index (χ2n) is 3.78. The number of ether oxygens (including phenoxy) is 1. The first-order valence-corrected chi connectivity index (χ1v) is 4.58. The highest BCUT2D eigenvalue weighted by molar-refractivity contribution is 5.80. The SMILES string of the molecule is CNC(=O)N1CCC(C)(C(=O)OC)C1. The molecule has 1 atom stereocenters. The Morgan fingerprint density at radius 1 is 1.50 bits per heavy atom. The van der Waals surface area contributed by atoms with E-state index >= 15 is 0 Å². The zero-order valence-electron chi connectivity index (χ0n) is 8.79. The van der Waals surface area contributed by atoms with Crippen LogP contribution in [0.4, 0.5) is 4.79 Å². The van der Waals surface area contributed by atoms with Crippen LogP contribution in [0.2, 0.25) is 0 Å². The molecule has 1 aliphatic rings. The molecule has 5 nitrogen and oxygen atoms in total. The molecular weight excluding hydrogens is 184 g/mol. The molecule has 5 heteroatoms. The van der Waals surface area contributed by atoms with E-state index in [4.69, 9.17) is 4.74 Å². The van der Waals surface area contributed by atoms with Gasteiger partial charge in [0.25, 0.3) is 0 Å². The van der Waals surface area contributed by atoms with Crippen molar-refractivity contribution >= 4 is 12.0 Å². The van der Waals surface area contributed by atoms with Crippen LogP contribution in [0.5, 0.6) is 0 Å². The molecule has 0 spiro atoms. The van der Waals surface area contributed by atoms with Crippen LogP contribution in [-0.4, -0.2) is 44.1 Å². The lowest BCUT2D eigenvalue weighted by Crippen LogP contribution is -2.39.